The highest BCUT2D eigenvalue weighted by Gasteiger charge is 2.31. The minimum Gasteiger partial charge on any atom is -0.464 e. The zero-order chi connectivity index (χ0) is 14.4. The Bertz CT molecular complexity index is 467. The van der Waals surface area contributed by atoms with Gasteiger partial charge in [-0.2, -0.15) is 0 Å². The molecule has 7 heteroatoms. The Hall–Kier alpha value is -1.47. The van der Waals surface area contributed by atoms with E-state index in [9.17, 15) is 14.7 Å². The van der Waals surface area contributed by atoms with Gasteiger partial charge in [-0.1, -0.05) is 6.07 Å². The van der Waals surface area contributed by atoms with Crippen molar-refractivity contribution in [1.29, 1.82) is 0 Å². The number of hydrogen-bond acceptors (Lipinski definition) is 5. The Labute approximate surface area is 119 Å². The third-order valence-electron chi connectivity index (χ3n) is 2.25. The molecule has 1 amide bonds. The average Bonchev–Trinajstić information content (AvgIpc) is 2.35. The first-order valence-electron chi connectivity index (χ1n) is 5.70. The molecule has 1 aromatic heterocycles. The molecule has 0 aliphatic heterocycles. The predicted octanol–water partition coefficient (Wildman–Crippen LogP) is 0.945. The fourth-order valence-corrected chi connectivity index (χ4v) is 1.83. The van der Waals surface area contributed by atoms with E-state index in [1.165, 1.54) is 6.92 Å². The van der Waals surface area contributed by atoms with E-state index in [0.29, 0.717) is 4.60 Å². The molecule has 0 aliphatic rings. The lowest BCUT2D eigenvalue weighted by molar-refractivity contribution is -0.150. The molecule has 2 N–H and O–H groups in total. The zero-order valence-electron chi connectivity index (χ0n) is 10.6. The predicted molar refractivity (Wildman–Crippen MR) is 71.1 cm³/mol. The van der Waals surface area contributed by atoms with E-state index >= 15 is 0 Å². The number of ether oxygens (including phenoxy) is 1. The molecule has 104 valence electrons. The van der Waals surface area contributed by atoms with Crippen molar-refractivity contribution < 1.29 is 19.4 Å². The van der Waals surface area contributed by atoms with Crippen molar-refractivity contribution in [3.05, 3.63) is 28.5 Å². The Morgan fingerprint density at radius 3 is 2.74 bits per heavy atom. The maximum Gasteiger partial charge on any atom is 0.331 e. The van der Waals surface area contributed by atoms with Crippen LogP contribution in [0.5, 0.6) is 0 Å². The normalized spacial score (nSPS) is 13.5. The summed E-state index contributed by atoms with van der Waals surface area (Å²) in [5, 5.41) is 12.5. The van der Waals surface area contributed by atoms with E-state index in [1.807, 2.05) is 0 Å². The summed E-state index contributed by atoms with van der Waals surface area (Å²) in [6.07, 6.45) is -1.28. The van der Waals surface area contributed by atoms with Gasteiger partial charge in [0.05, 0.1) is 12.3 Å². The van der Waals surface area contributed by atoms with Crippen LogP contribution in [0.3, 0.4) is 0 Å². The number of nitrogens with zero attached hydrogens (tertiary/aromatic N) is 1. The molecule has 0 aliphatic carbocycles. The molecule has 1 aromatic rings. The lowest BCUT2D eigenvalue weighted by Gasteiger charge is -2.21. The van der Waals surface area contributed by atoms with E-state index in [1.54, 1.807) is 25.1 Å². The molecule has 0 radical (unpaired) electrons. The van der Waals surface area contributed by atoms with E-state index in [-0.39, 0.29) is 12.3 Å². The van der Waals surface area contributed by atoms with Crippen molar-refractivity contribution >= 4 is 27.8 Å². The van der Waals surface area contributed by atoms with Crippen LogP contribution in [-0.4, -0.2) is 34.6 Å². The molecule has 0 aromatic carbocycles. The third kappa shape index (κ3) is 4.60. The fraction of sp³-hybridized carbons (Fsp3) is 0.417. The number of carbonyl (C=O) groups is 2. The van der Waals surface area contributed by atoms with Gasteiger partial charge < -0.3 is 15.2 Å². The van der Waals surface area contributed by atoms with Crippen LogP contribution < -0.4 is 5.32 Å². The van der Waals surface area contributed by atoms with Gasteiger partial charge >= 0.3 is 5.97 Å². The highest BCUT2D eigenvalue weighted by molar-refractivity contribution is 9.10. The van der Waals surface area contributed by atoms with Crippen LogP contribution >= 0.6 is 15.9 Å². The fourth-order valence-electron chi connectivity index (χ4n) is 1.48. The number of aromatic nitrogens is 1. The second kappa shape index (κ2) is 7.20. The Morgan fingerprint density at radius 2 is 2.21 bits per heavy atom. The number of pyridine rings is 1. The molecule has 0 saturated carbocycles. The van der Waals surface area contributed by atoms with Crippen LogP contribution in [0.25, 0.3) is 0 Å². The van der Waals surface area contributed by atoms with E-state index in [2.05, 4.69) is 26.2 Å². The van der Waals surface area contributed by atoms with Crippen LogP contribution in [0.15, 0.2) is 22.8 Å². The van der Waals surface area contributed by atoms with Gasteiger partial charge in [-0.3, -0.25) is 4.79 Å². The smallest absolute Gasteiger partial charge is 0.331 e. The van der Waals surface area contributed by atoms with Crippen molar-refractivity contribution in [3.63, 3.8) is 0 Å². The van der Waals surface area contributed by atoms with E-state index in [4.69, 9.17) is 4.74 Å². The molecule has 0 bridgehead atoms. The summed E-state index contributed by atoms with van der Waals surface area (Å²) >= 11 is 3.17. The quantitative estimate of drug-likeness (QED) is 0.619. The average molecular weight is 331 g/mol. The first-order chi connectivity index (χ1) is 8.95. The number of nitrogens with one attached hydrogen (secondary N) is 1. The Balaban J connectivity index is 2.96. The number of hydrogen-bond donors (Lipinski definition) is 2. The molecule has 1 rings (SSSR count). The number of aliphatic hydroxyl groups excluding tert-OH is 1. The van der Waals surface area contributed by atoms with Gasteiger partial charge in [0.1, 0.15) is 10.7 Å². The monoisotopic (exact) mass is 330 g/mol. The van der Waals surface area contributed by atoms with Gasteiger partial charge in [0, 0.05) is 6.92 Å². The topological polar surface area (TPSA) is 88.5 Å². The van der Waals surface area contributed by atoms with Gasteiger partial charge in [0.15, 0.2) is 6.04 Å². The first-order valence-corrected chi connectivity index (χ1v) is 6.49. The summed E-state index contributed by atoms with van der Waals surface area (Å²) in [6.45, 7) is 3.06. The lowest BCUT2D eigenvalue weighted by Crippen LogP contribution is -2.45. The van der Waals surface area contributed by atoms with Gasteiger partial charge in [-0.25, -0.2) is 9.78 Å². The summed E-state index contributed by atoms with van der Waals surface area (Å²) in [5.41, 5.74) is 0.265. The largest absolute Gasteiger partial charge is 0.464 e. The molecule has 19 heavy (non-hydrogen) atoms. The maximum absolute atomic E-state index is 11.7. The minimum atomic E-state index is -1.28. The van der Waals surface area contributed by atoms with Crippen molar-refractivity contribution in [2.45, 2.75) is 26.0 Å². The van der Waals surface area contributed by atoms with Crippen LogP contribution in [0, 0.1) is 0 Å². The van der Waals surface area contributed by atoms with E-state index in [0.717, 1.165) is 0 Å². The zero-order valence-corrected chi connectivity index (χ0v) is 12.2. The second-order valence-electron chi connectivity index (χ2n) is 3.76. The lowest BCUT2D eigenvalue weighted by atomic mass is 10.1. The standard InChI is InChI=1S/C12H15BrN2O4/c1-3-19-12(18)10(14-7(2)16)11(17)8-5-4-6-9(13)15-8/h4-6,10-11,17H,3H2,1-2H3,(H,14,16). The molecule has 1 heterocycles. The van der Waals surface area contributed by atoms with Crippen molar-refractivity contribution in [2.75, 3.05) is 6.61 Å². The molecule has 0 saturated heterocycles. The first kappa shape index (κ1) is 15.6. The molecular weight excluding hydrogens is 316 g/mol. The van der Waals surface area contributed by atoms with Gasteiger partial charge in [0.25, 0.3) is 0 Å². The molecule has 2 unspecified atom stereocenters. The Kier molecular flexibility index (Phi) is 5.91. The van der Waals surface area contributed by atoms with Crippen molar-refractivity contribution in [3.8, 4) is 0 Å². The molecule has 6 nitrogen and oxygen atoms in total. The third-order valence-corrected chi connectivity index (χ3v) is 2.70. The van der Waals surface area contributed by atoms with Gasteiger partial charge in [-0.05, 0) is 35.0 Å². The summed E-state index contributed by atoms with van der Waals surface area (Å²) in [4.78, 5) is 26.9. The summed E-state index contributed by atoms with van der Waals surface area (Å²) < 4.78 is 5.35. The number of esters is 1. The van der Waals surface area contributed by atoms with Crippen molar-refractivity contribution in [2.24, 2.45) is 0 Å². The second-order valence-corrected chi connectivity index (χ2v) is 4.57. The molecule has 2 atom stereocenters. The summed E-state index contributed by atoms with van der Waals surface area (Å²) in [5.74, 6) is -1.14. The number of halogens is 1. The van der Waals surface area contributed by atoms with Gasteiger partial charge in [-0.15, -0.1) is 0 Å². The SMILES string of the molecule is CCOC(=O)C(NC(C)=O)C(O)c1cccc(Br)n1. The van der Waals surface area contributed by atoms with Crippen LogP contribution in [0.1, 0.15) is 25.6 Å². The van der Waals surface area contributed by atoms with Gasteiger partial charge in [0.2, 0.25) is 5.91 Å². The van der Waals surface area contributed by atoms with Crippen LogP contribution in [0.4, 0.5) is 0 Å². The highest BCUT2D eigenvalue weighted by Crippen LogP contribution is 2.18. The number of amides is 1. The summed E-state index contributed by atoms with van der Waals surface area (Å²) in [7, 11) is 0. The van der Waals surface area contributed by atoms with E-state index < -0.39 is 24.0 Å². The molecule has 0 fully saturated rings. The minimum absolute atomic E-state index is 0.160. The Morgan fingerprint density at radius 1 is 1.53 bits per heavy atom. The number of carbonyl (C=O) groups excluding carboxylic acids is 2. The number of aliphatic hydroxyl groups is 1. The maximum atomic E-state index is 11.7. The molecule has 0 spiro atoms. The summed E-state index contributed by atoms with van der Waals surface area (Å²) in [6, 6.07) is 3.74. The number of rotatable bonds is 5. The van der Waals surface area contributed by atoms with Crippen molar-refractivity contribution in [1.82, 2.24) is 10.3 Å². The van der Waals surface area contributed by atoms with Crippen LogP contribution in [0.2, 0.25) is 0 Å². The van der Waals surface area contributed by atoms with Crippen LogP contribution in [-0.2, 0) is 14.3 Å². The highest BCUT2D eigenvalue weighted by atomic mass is 79.9. The molecular formula is C12H15BrN2O4.